The molecule has 0 aromatic heterocycles. The van der Waals surface area contributed by atoms with Crippen molar-refractivity contribution in [2.75, 3.05) is 17.2 Å². The molecule has 2 rings (SSSR count). The van der Waals surface area contributed by atoms with Crippen LogP contribution in [0, 0.1) is 17.0 Å². The zero-order valence-electron chi connectivity index (χ0n) is 14.1. The molecular formula is C18H20ClN3O3. The van der Waals surface area contributed by atoms with Crippen LogP contribution in [0.5, 0.6) is 0 Å². The van der Waals surface area contributed by atoms with Gasteiger partial charge in [-0.25, -0.2) is 0 Å². The van der Waals surface area contributed by atoms with E-state index in [-0.39, 0.29) is 11.3 Å². The number of nitro groups is 1. The molecule has 132 valence electrons. The monoisotopic (exact) mass is 361 g/mol. The molecule has 0 unspecified atom stereocenters. The number of nitro benzene ring substituents is 1. The first-order valence-electron chi connectivity index (χ1n) is 8.02. The standard InChI is InChI=1S/C18H20ClN3O3/c1-3-4-9-20-16-8-7-14(22(24)25)11-15(16)18(23)21-17-10-13(19)6-5-12(17)2/h5-8,10-11,20H,3-4,9H2,1-2H3,(H,21,23). The van der Waals surface area contributed by atoms with Gasteiger partial charge in [0.1, 0.15) is 0 Å². The van der Waals surface area contributed by atoms with Crippen LogP contribution < -0.4 is 10.6 Å². The van der Waals surface area contributed by atoms with E-state index in [0.29, 0.717) is 22.9 Å². The Morgan fingerprint density at radius 2 is 1.96 bits per heavy atom. The van der Waals surface area contributed by atoms with Crippen molar-refractivity contribution in [1.29, 1.82) is 0 Å². The molecule has 0 aliphatic rings. The van der Waals surface area contributed by atoms with E-state index >= 15 is 0 Å². The highest BCUT2D eigenvalue weighted by Gasteiger charge is 2.17. The van der Waals surface area contributed by atoms with Gasteiger partial charge in [0.25, 0.3) is 11.6 Å². The Balaban J connectivity index is 2.32. The molecule has 1 amide bonds. The lowest BCUT2D eigenvalue weighted by atomic mass is 10.1. The number of amides is 1. The first kappa shape index (κ1) is 18.7. The number of rotatable bonds is 7. The van der Waals surface area contributed by atoms with Crippen molar-refractivity contribution in [2.24, 2.45) is 0 Å². The predicted molar refractivity (Wildman–Crippen MR) is 101 cm³/mol. The summed E-state index contributed by atoms with van der Waals surface area (Å²) < 4.78 is 0. The number of halogens is 1. The molecule has 2 aromatic rings. The van der Waals surface area contributed by atoms with Crippen LogP contribution >= 0.6 is 11.6 Å². The fraction of sp³-hybridized carbons (Fsp3) is 0.278. The van der Waals surface area contributed by atoms with Crippen molar-refractivity contribution >= 4 is 34.6 Å². The van der Waals surface area contributed by atoms with E-state index in [4.69, 9.17) is 11.6 Å². The van der Waals surface area contributed by atoms with Gasteiger partial charge in [0.2, 0.25) is 0 Å². The fourth-order valence-corrected chi connectivity index (χ4v) is 2.48. The highest BCUT2D eigenvalue weighted by molar-refractivity contribution is 6.31. The summed E-state index contributed by atoms with van der Waals surface area (Å²) in [5.74, 6) is -0.423. The average molecular weight is 362 g/mol. The van der Waals surface area contributed by atoms with Crippen molar-refractivity contribution in [3.05, 3.63) is 62.7 Å². The topological polar surface area (TPSA) is 84.3 Å². The van der Waals surface area contributed by atoms with Gasteiger partial charge in [-0.2, -0.15) is 0 Å². The van der Waals surface area contributed by atoms with Gasteiger partial charge in [-0.3, -0.25) is 14.9 Å². The minimum atomic E-state index is -0.517. The number of benzene rings is 2. The minimum absolute atomic E-state index is 0.131. The van der Waals surface area contributed by atoms with Gasteiger partial charge in [0.15, 0.2) is 0 Å². The second-order valence-electron chi connectivity index (χ2n) is 5.68. The zero-order valence-corrected chi connectivity index (χ0v) is 14.9. The first-order valence-corrected chi connectivity index (χ1v) is 8.40. The normalized spacial score (nSPS) is 10.4. The van der Waals surface area contributed by atoms with E-state index in [0.717, 1.165) is 18.4 Å². The maximum atomic E-state index is 12.7. The van der Waals surface area contributed by atoms with Crippen LogP contribution in [0.4, 0.5) is 17.1 Å². The van der Waals surface area contributed by atoms with Crippen LogP contribution in [0.3, 0.4) is 0 Å². The van der Waals surface area contributed by atoms with Gasteiger partial charge >= 0.3 is 0 Å². The third-order valence-corrected chi connectivity index (χ3v) is 3.99. The zero-order chi connectivity index (χ0) is 18.4. The number of hydrogen-bond donors (Lipinski definition) is 2. The molecule has 2 aromatic carbocycles. The van der Waals surface area contributed by atoms with Crippen molar-refractivity contribution in [3.8, 4) is 0 Å². The molecule has 2 N–H and O–H groups in total. The van der Waals surface area contributed by atoms with Gasteiger partial charge in [-0.15, -0.1) is 0 Å². The number of nitrogens with zero attached hydrogens (tertiary/aromatic N) is 1. The maximum absolute atomic E-state index is 12.7. The molecule has 0 atom stereocenters. The minimum Gasteiger partial charge on any atom is -0.384 e. The van der Waals surface area contributed by atoms with Crippen LogP contribution in [-0.2, 0) is 0 Å². The van der Waals surface area contributed by atoms with Gasteiger partial charge in [0.05, 0.1) is 10.5 Å². The molecule has 0 spiro atoms. The molecule has 0 saturated heterocycles. The highest BCUT2D eigenvalue weighted by atomic mass is 35.5. The van der Waals surface area contributed by atoms with Crippen molar-refractivity contribution in [1.82, 2.24) is 0 Å². The van der Waals surface area contributed by atoms with Gasteiger partial charge in [-0.05, 0) is 37.1 Å². The quantitative estimate of drug-likeness (QED) is 0.412. The maximum Gasteiger partial charge on any atom is 0.270 e. The molecular weight excluding hydrogens is 342 g/mol. The van der Waals surface area contributed by atoms with Crippen LogP contribution in [-0.4, -0.2) is 17.4 Å². The first-order chi connectivity index (χ1) is 11.9. The third kappa shape index (κ3) is 4.93. The number of hydrogen-bond acceptors (Lipinski definition) is 4. The molecule has 0 aliphatic carbocycles. The summed E-state index contributed by atoms with van der Waals surface area (Å²) in [7, 11) is 0. The van der Waals surface area contributed by atoms with E-state index in [9.17, 15) is 14.9 Å². The van der Waals surface area contributed by atoms with Crippen molar-refractivity contribution < 1.29 is 9.72 Å². The fourth-order valence-electron chi connectivity index (χ4n) is 2.31. The Morgan fingerprint density at radius 3 is 2.64 bits per heavy atom. The predicted octanol–water partition coefficient (Wildman–Crippen LogP) is 5.02. The summed E-state index contributed by atoms with van der Waals surface area (Å²) in [6.45, 7) is 4.59. The summed E-state index contributed by atoms with van der Waals surface area (Å²) >= 11 is 5.98. The number of aryl methyl sites for hydroxylation is 1. The van der Waals surface area contributed by atoms with Gasteiger partial charge < -0.3 is 10.6 Å². The number of anilines is 2. The SMILES string of the molecule is CCCCNc1ccc([N+](=O)[O-])cc1C(=O)Nc1cc(Cl)ccc1C. The van der Waals surface area contributed by atoms with E-state index in [1.54, 1.807) is 24.3 Å². The number of carbonyl (C=O) groups excluding carboxylic acids is 1. The number of unbranched alkanes of at least 4 members (excludes halogenated alkanes) is 1. The van der Waals surface area contributed by atoms with E-state index < -0.39 is 10.8 Å². The second-order valence-corrected chi connectivity index (χ2v) is 6.12. The number of non-ortho nitro benzene ring substituents is 1. The molecule has 6 nitrogen and oxygen atoms in total. The lowest BCUT2D eigenvalue weighted by Crippen LogP contribution is -2.16. The van der Waals surface area contributed by atoms with Crippen molar-refractivity contribution in [3.63, 3.8) is 0 Å². The lowest BCUT2D eigenvalue weighted by Gasteiger charge is -2.13. The largest absolute Gasteiger partial charge is 0.384 e. The smallest absolute Gasteiger partial charge is 0.270 e. The Kier molecular flexibility index (Phi) is 6.36. The molecule has 7 heteroatoms. The Hall–Kier alpha value is -2.60. The molecule has 0 bridgehead atoms. The summed E-state index contributed by atoms with van der Waals surface area (Å²) in [5, 5.41) is 17.5. The van der Waals surface area contributed by atoms with Crippen LogP contribution in [0.2, 0.25) is 5.02 Å². The summed E-state index contributed by atoms with van der Waals surface area (Å²) in [6.07, 6.45) is 1.94. The summed E-state index contributed by atoms with van der Waals surface area (Å²) in [4.78, 5) is 23.2. The number of carbonyl (C=O) groups is 1. The van der Waals surface area contributed by atoms with E-state index in [2.05, 4.69) is 17.6 Å². The second kappa shape index (κ2) is 8.48. The molecule has 25 heavy (non-hydrogen) atoms. The molecule has 0 radical (unpaired) electrons. The Bertz CT molecular complexity index is 793. The highest BCUT2D eigenvalue weighted by Crippen LogP contribution is 2.25. The molecule has 0 fully saturated rings. The van der Waals surface area contributed by atoms with E-state index in [1.165, 1.54) is 12.1 Å². The summed E-state index contributed by atoms with van der Waals surface area (Å²) in [5.41, 5.74) is 2.09. The average Bonchev–Trinajstić information content (AvgIpc) is 2.58. The molecule has 0 aliphatic heterocycles. The molecule has 0 saturated carbocycles. The number of nitrogens with one attached hydrogen (secondary N) is 2. The van der Waals surface area contributed by atoms with E-state index in [1.807, 2.05) is 6.92 Å². The Labute approximate surface area is 151 Å². The third-order valence-electron chi connectivity index (χ3n) is 3.75. The molecule has 0 heterocycles. The van der Waals surface area contributed by atoms with Crippen LogP contribution in [0.15, 0.2) is 36.4 Å². The Morgan fingerprint density at radius 1 is 1.20 bits per heavy atom. The van der Waals surface area contributed by atoms with Crippen molar-refractivity contribution in [2.45, 2.75) is 26.7 Å². The van der Waals surface area contributed by atoms with Crippen LogP contribution in [0.1, 0.15) is 35.7 Å². The van der Waals surface area contributed by atoms with Gasteiger partial charge in [0, 0.05) is 35.1 Å². The summed E-state index contributed by atoms with van der Waals surface area (Å²) in [6, 6.07) is 9.41. The lowest BCUT2D eigenvalue weighted by molar-refractivity contribution is -0.384. The van der Waals surface area contributed by atoms with Crippen LogP contribution in [0.25, 0.3) is 0 Å². The van der Waals surface area contributed by atoms with Gasteiger partial charge in [-0.1, -0.05) is 31.0 Å².